The molecule has 0 saturated carbocycles. The zero-order chi connectivity index (χ0) is 14.3. The van der Waals surface area contributed by atoms with Crippen molar-refractivity contribution >= 4 is 17.8 Å². The van der Waals surface area contributed by atoms with Crippen molar-refractivity contribution in [1.29, 1.82) is 0 Å². The van der Waals surface area contributed by atoms with E-state index in [1.54, 1.807) is 0 Å². The standard InChI is InChI=1S/C11H24N8/c1-18(2)7-5-13-10-15-9(12)16-11(17-10)14-6-8-19(3)4/h5-8H2,1-4H3,(H4,12,13,14,15,16,17). The number of hydrogen-bond donors (Lipinski definition) is 3. The van der Waals surface area contributed by atoms with Crippen LogP contribution < -0.4 is 16.4 Å². The Bertz CT molecular complexity index is 347. The highest BCUT2D eigenvalue weighted by Crippen LogP contribution is 2.06. The summed E-state index contributed by atoms with van der Waals surface area (Å²) in [6.07, 6.45) is 0. The topological polar surface area (TPSA) is 95.2 Å². The highest BCUT2D eigenvalue weighted by molar-refractivity contribution is 5.39. The molecule has 0 atom stereocenters. The molecule has 0 fully saturated rings. The number of likely N-dealkylation sites (N-methyl/N-ethyl adjacent to an activating group) is 2. The van der Waals surface area contributed by atoms with Gasteiger partial charge in [-0.1, -0.05) is 0 Å². The molecule has 19 heavy (non-hydrogen) atoms. The summed E-state index contributed by atoms with van der Waals surface area (Å²) in [6, 6.07) is 0. The molecule has 0 bridgehead atoms. The quantitative estimate of drug-likeness (QED) is 0.575. The summed E-state index contributed by atoms with van der Waals surface area (Å²) in [7, 11) is 8.05. The SMILES string of the molecule is CN(C)CCNc1nc(N)nc(NCCN(C)C)n1. The predicted molar refractivity (Wildman–Crippen MR) is 78.3 cm³/mol. The number of rotatable bonds is 8. The molecular formula is C11H24N8. The smallest absolute Gasteiger partial charge is 0.229 e. The number of anilines is 3. The molecule has 4 N–H and O–H groups in total. The van der Waals surface area contributed by atoms with Crippen LogP contribution in [0.4, 0.5) is 17.8 Å². The molecule has 0 aliphatic heterocycles. The number of hydrogen-bond acceptors (Lipinski definition) is 8. The predicted octanol–water partition coefficient (Wildman–Crippen LogP) is -0.599. The van der Waals surface area contributed by atoms with Gasteiger partial charge in [-0.15, -0.1) is 0 Å². The molecule has 1 rings (SSSR count). The molecule has 1 heterocycles. The van der Waals surface area contributed by atoms with Crippen molar-refractivity contribution in [3.05, 3.63) is 0 Å². The van der Waals surface area contributed by atoms with E-state index in [1.165, 1.54) is 0 Å². The van der Waals surface area contributed by atoms with E-state index in [2.05, 4.69) is 35.4 Å². The van der Waals surface area contributed by atoms with Crippen LogP contribution in [0.2, 0.25) is 0 Å². The maximum Gasteiger partial charge on any atom is 0.229 e. The minimum Gasteiger partial charge on any atom is -0.368 e. The number of nitrogens with one attached hydrogen (secondary N) is 2. The minimum atomic E-state index is 0.217. The highest BCUT2D eigenvalue weighted by Gasteiger charge is 2.03. The molecule has 0 spiro atoms. The Balaban J connectivity index is 2.51. The van der Waals surface area contributed by atoms with Crippen molar-refractivity contribution in [2.24, 2.45) is 0 Å². The third-order valence-corrected chi connectivity index (χ3v) is 2.34. The van der Waals surface area contributed by atoms with Gasteiger partial charge in [0.1, 0.15) is 0 Å². The second kappa shape index (κ2) is 7.70. The summed E-state index contributed by atoms with van der Waals surface area (Å²) < 4.78 is 0. The van der Waals surface area contributed by atoms with Crippen molar-refractivity contribution < 1.29 is 0 Å². The van der Waals surface area contributed by atoms with Gasteiger partial charge in [0.05, 0.1) is 0 Å². The molecule has 1 aromatic rings. The molecule has 108 valence electrons. The maximum absolute atomic E-state index is 5.66. The number of aromatic nitrogens is 3. The number of nitrogen functional groups attached to an aromatic ring is 1. The van der Waals surface area contributed by atoms with Crippen LogP contribution in [0.15, 0.2) is 0 Å². The van der Waals surface area contributed by atoms with Crippen LogP contribution in [0.5, 0.6) is 0 Å². The average molecular weight is 268 g/mol. The van der Waals surface area contributed by atoms with Crippen LogP contribution in [0, 0.1) is 0 Å². The van der Waals surface area contributed by atoms with Crippen molar-refractivity contribution in [2.75, 3.05) is 70.7 Å². The van der Waals surface area contributed by atoms with Gasteiger partial charge in [-0.25, -0.2) is 0 Å². The first-order valence-electron chi connectivity index (χ1n) is 6.26. The fourth-order valence-corrected chi connectivity index (χ4v) is 1.33. The zero-order valence-corrected chi connectivity index (χ0v) is 12.1. The fourth-order valence-electron chi connectivity index (χ4n) is 1.33. The Hall–Kier alpha value is -1.67. The largest absolute Gasteiger partial charge is 0.368 e. The Morgan fingerprint density at radius 3 is 1.63 bits per heavy atom. The lowest BCUT2D eigenvalue weighted by atomic mass is 10.5. The zero-order valence-electron chi connectivity index (χ0n) is 12.1. The van der Waals surface area contributed by atoms with Gasteiger partial charge < -0.3 is 26.2 Å². The lowest BCUT2D eigenvalue weighted by Gasteiger charge is -2.12. The van der Waals surface area contributed by atoms with Gasteiger partial charge in [0.25, 0.3) is 0 Å². The lowest BCUT2D eigenvalue weighted by Crippen LogP contribution is -2.23. The number of nitrogens with zero attached hydrogens (tertiary/aromatic N) is 5. The first kappa shape index (κ1) is 15.4. The summed E-state index contributed by atoms with van der Waals surface area (Å²) in [6.45, 7) is 3.31. The van der Waals surface area contributed by atoms with Gasteiger partial charge in [-0.05, 0) is 28.2 Å². The number of nitrogens with two attached hydrogens (primary N) is 1. The van der Waals surface area contributed by atoms with E-state index in [-0.39, 0.29) is 5.95 Å². The molecule has 0 aliphatic carbocycles. The molecule has 0 radical (unpaired) electrons. The maximum atomic E-state index is 5.66. The summed E-state index contributed by atoms with van der Waals surface area (Å²) in [5.74, 6) is 1.22. The highest BCUT2D eigenvalue weighted by atomic mass is 15.3. The van der Waals surface area contributed by atoms with E-state index in [1.807, 2.05) is 28.2 Å². The van der Waals surface area contributed by atoms with Gasteiger partial charge in [-0.3, -0.25) is 0 Å². The molecular weight excluding hydrogens is 244 g/mol. The lowest BCUT2D eigenvalue weighted by molar-refractivity contribution is 0.424. The van der Waals surface area contributed by atoms with Gasteiger partial charge in [0.15, 0.2) is 0 Å². The third kappa shape index (κ3) is 6.73. The van der Waals surface area contributed by atoms with E-state index >= 15 is 0 Å². The fraction of sp³-hybridized carbons (Fsp3) is 0.727. The summed E-state index contributed by atoms with van der Waals surface area (Å²) in [5, 5.41) is 6.24. The Kier molecular flexibility index (Phi) is 6.23. The average Bonchev–Trinajstić information content (AvgIpc) is 2.27. The van der Waals surface area contributed by atoms with Crippen LogP contribution in [0.1, 0.15) is 0 Å². The van der Waals surface area contributed by atoms with E-state index in [4.69, 9.17) is 5.73 Å². The summed E-state index contributed by atoms with van der Waals surface area (Å²) in [4.78, 5) is 16.5. The monoisotopic (exact) mass is 268 g/mol. The molecule has 0 aromatic carbocycles. The molecule has 0 amide bonds. The van der Waals surface area contributed by atoms with Crippen LogP contribution in [0.25, 0.3) is 0 Å². The molecule has 0 unspecified atom stereocenters. The van der Waals surface area contributed by atoms with Crippen molar-refractivity contribution in [1.82, 2.24) is 24.8 Å². The van der Waals surface area contributed by atoms with Gasteiger partial charge in [0.2, 0.25) is 17.8 Å². The molecule has 0 aliphatic rings. The van der Waals surface area contributed by atoms with Crippen LogP contribution in [-0.2, 0) is 0 Å². The van der Waals surface area contributed by atoms with Crippen LogP contribution >= 0.6 is 0 Å². The minimum absolute atomic E-state index is 0.217. The van der Waals surface area contributed by atoms with E-state index < -0.39 is 0 Å². The van der Waals surface area contributed by atoms with E-state index in [9.17, 15) is 0 Å². The van der Waals surface area contributed by atoms with Crippen molar-refractivity contribution in [3.8, 4) is 0 Å². The molecule has 1 aromatic heterocycles. The summed E-state index contributed by atoms with van der Waals surface area (Å²) >= 11 is 0. The van der Waals surface area contributed by atoms with Crippen LogP contribution in [0.3, 0.4) is 0 Å². The first-order valence-corrected chi connectivity index (χ1v) is 6.26. The summed E-state index contributed by atoms with van der Waals surface area (Å²) in [5.41, 5.74) is 5.66. The molecule has 0 saturated heterocycles. The second-order valence-electron chi connectivity index (χ2n) is 4.80. The molecule has 8 heteroatoms. The third-order valence-electron chi connectivity index (χ3n) is 2.34. The van der Waals surface area contributed by atoms with E-state index in [0.29, 0.717) is 11.9 Å². The van der Waals surface area contributed by atoms with Gasteiger partial charge in [-0.2, -0.15) is 15.0 Å². The van der Waals surface area contributed by atoms with Crippen molar-refractivity contribution in [3.63, 3.8) is 0 Å². The van der Waals surface area contributed by atoms with Gasteiger partial charge in [0, 0.05) is 26.2 Å². The Morgan fingerprint density at radius 2 is 1.26 bits per heavy atom. The second-order valence-corrected chi connectivity index (χ2v) is 4.80. The van der Waals surface area contributed by atoms with Crippen molar-refractivity contribution in [2.45, 2.75) is 0 Å². The van der Waals surface area contributed by atoms with Gasteiger partial charge >= 0.3 is 0 Å². The first-order chi connectivity index (χ1) is 8.97. The Morgan fingerprint density at radius 1 is 0.842 bits per heavy atom. The molecule has 8 nitrogen and oxygen atoms in total. The van der Waals surface area contributed by atoms with E-state index in [0.717, 1.165) is 26.2 Å². The Labute approximate surface area is 114 Å². The van der Waals surface area contributed by atoms with Crippen LogP contribution in [-0.4, -0.2) is 79.1 Å². The normalized spacial score (nSPS) is 11.1.